The highest BCUT2D eigenvalue weighted by atomic mass is 35.5. The normalized spacial score (nSPS) is 9.67. The Balaban J connectivity index is 2.36. The van der Waals surface area contributed by atoms with Crippen molar-refractivity contribution in [2.75, 3.05) is 0 Å². The highest BCUT2D eigenvalue weighted by Crippen LogP contribution is 2.24. The lowest BCUT2D eigenvalue weighted by Gasteiger charge is -1.98. The van der Waals surface area contributed by atoms with Crippen LogP contribution in [0.5, 0.6) is 0 Å². The molecule has 18 heavy (non-hydrogen) atoms. The second-order valence-corrected chi connectivity index (χ2v) is 3.84. The largest absolute Gasteiger partial charge is 0.421 e. The summed E-state index contributed by atoms with van der Waals surface area (Å²) in [6.07, 6.45) is 1.21. The number of benzene rings is 1. The maximum Gasteiger partial charge on any atom is 0.247 e. The van der Waals surface area contributed by atoms with Gasteiger partial charge >= 0.3 is 0 Å². The van der Waals surface area contributed by atoms with Gasteiger partial charge in [-0.2, -0.15) is 0 Å². The van der Waals surface area contributed by atoms with E-state index in [-0.39, 0.29) is 0 Å². The minimum atomic E-state index is 0.420. The van der Waals surface area contributed by atoms with Crippen LogP contribution < -0.4 is 0 Å². The standard InChI is InChI=1S/C13H9ClN2O2/c1-2-12-15-16-13(18-12)10-6-5-9(4-3-7-17)11(14)8-10/h5-8H,2H2,1H3. The zero-order chi connectivity index (χ0) is 13.0. The van der Waals surface area contributed by atoms with Crippen molar-refractivity contribution in [2.24, 2.45) is 0 Å². The van der Waals surface area contributed by atoms with Crippen molar-refractivity contribution in [3.63, 3.8) is 0 Å². The molecule has 0 unspecified atom stereocenters. The van der Waals surface area contributed by atoms with Crippen LogP contribution in [0.3, 0.4) is 0 Å². The predicted octanol–water partition coefficient (Wildman–Crippen LogP) is 2.50. The van der Waals surface area contributed by atoms with Crippen LogP contribution in [0.25, 0.3) is 11.5 Å². The van der Waals surface area contributed by atoms with Gasteiger partial charge in [-0.25, -0.2) is 0 Å². The molecule has 0 radical (unpaired) electrons. The minimum Gasteiger partial charge on any atom is -0.421 e. The zero-order valence-corrected chi connectivity index (χ0v) is 10.4. The van der Waals surface area contributed by atoms with Crippen LogP contribution in [0.4, 0.5) is 0 Å². The van der Waals surface area contributed by atoms with Gasteiger partial charge < -0.3 is 4.42 Å². The van der Waals surface area contributed by atoms with E-state index in [0.29, 0.717) is 35.1 Å². The smallest absolute Gasteiger partial charge is 0.247 e. The van der Waals surface area contributed by atoms with Crippen molar-refractivity contribution in [2.45, 2.75) is 13.3 Å². The van der Waals surface area contributed by atoms with Crippen LogP contribution in [0.1, 0.15) is 18.4 Å². The van der Waals surface area contributed by atoms with Crippen LogP contribution in [-0.2, 0) is 11.2 Å². The predicted molar refractivity (Wildman–Crippen MR) is 67.1 cm³/mol. The van der Waals surface area contributed by atoms with E-state index in [4.69, 9.17) is 16.0 Å². The van der Waals surface area contributed by atoms with Gasteiger partial charge in [-0.3, -0.25) is 4.79 Å². The van der Waals surface area contributed by atoms with Gasteiger partial charge in [0.25, 0.3) is 0 Å². The topological polar surface area (TPSA) is 56.0 Å². The second-order valence-electron chi connectivity index (χ2n) is 3.44. The number of hydrogen-bond acceptors (Lipinski definition) is 4. The van der Waals surface area contributed by atoms with E-state index in [1.54, 1.807) is 18.2 Å². The van der Waals surface area contributed by atoms with Crippen molar-refractivity contribution in [1.29, 1.82) is 0 Å². The molecule has 0 aliphatic heterocycles. The molecule has 0 aliphatic carbocycles. The number of halogens is 1. The number of carbonyl (C=O) groups is 1. The first-order valence-electron chi connectivity index (χ1n) is 5.32. The number of aldehydes is 1. The Hall–Kier alpha value is -2.12. The molecule has 0 saturated heterocycles. The summed E-state index contributed by atoms with van der Waals surface area (Å²) in [6, 6.07) is 5.17. The van der Waals surface area contributed by atoms with E-state index in [1.165, 1.54) is 0 Å². The molecule has 0 amide bonds. The van der Waals surface area contributed by atoms with Gasteiger partial charge in [0, 0.05) is 17.5 Å². The minimum absolute atomic E-state index is 0.420. The van der Waals surface area contributed by atoms with Crippen molar-refractivity contribution in [3.05, 3.63) is 34.7 Å². The van der Waals surface area contributed by atoms with E-state index < -0.39 is 0 Å². The van der Waals surface area contributed by atoms with Gasteiger partial charge in [0.15, 0.2) is 6.29 Å². The van der Waals surface area contributed by atoms with Gasteiger partial charge in [-0.05, 0) is 24.1 Å². The number of aryl methyl sites for hydroxylation is 1. The molecule has 0 spiro atoms. The van der Waals surface area contributed by atoms with E-state index in [0.717, 1.165) is 5.56 Å². The molecule has 90 valence electrons. The number of hydrogen-bond donors (Lipinski definition) is 0. The monoisotopic (exact) mass is 260 g/mol. The van der Waals surface area contributed by atoms with E-state index in [2.05, 4.69) is 22.0 Å². The van der Waals surface area contributed by atoms with Crippen LogP contribution >= 0.6 is 11.6 Å². The lowest BCUT2D eigenvalue weighted by molar-refractivity contribution is -0.103. The van der Waals surface area contributed by atoms with E-state index in [9.17, 15) is 4.79 Å². The summed E-state index contributed by atoms with van der Waals surface area (Å²) in [5.74, 6) is 5.95. The Morgan fingerprint density at radius 2 is 2.28 bits per heavy atom. The molecule has 1 aromatic heterocycles. The van der Waals surface area contributed by atoms with Crippen LogP contribution in [0.2, 0.25) is 5.02 Å². The molecule has 0 fully saturated rings. The quantitative estimate of drug-likeness (QED) is 0.615. The highest BCUT2D eigenvalue weighted by Gasteiger charge is 2.09. The number of aromatic nitrogens is 2. The Kier molecular flexibility index (Phi) is 3.75. The molecule has 0 N–H and O–H groups in total. The zero-order valence-electron chi connectivity index (χ0n) is 9.61. The summed E-state index contributed by atoms with van der Waals surface area (Å²) in [7, 11) is 0. The number of rotatable bonds is 2. The average Bonchev–Trinajstić information content (AvgIpc) is 2.86. The third kappa shape index (κ3) is 2.58. The summed E-state index contributed by atoms with van der Waals surface area (Å²) in [4.78, 5) is 10.2. The first-order valence-corrected chi connectivity index (χ1v) is 5.70. The van der Waals surface area contributed by atoms with Crippen LogP contribution in [-0.4, -0.2) is 16.5 Å². The SMILES string of the molecule is CCc1nnc(-c2ccc(C#CC=O)c(Cl)c2)o1. The molecular formula is C13H9ClN2O2. The molecule has 2 aromatic rings. The van der Waals surface area contributed by atoms with Crippen LogP contribution in [0, 0.1) is 11.8 Å². The summed E-state index contributed by atoms with van der Waals surface area (Å²) in [5.41, 5.74) is 1.31. The van der Waals surface area contributed by atoms with Crippen molar-refractivity contribution >= 4 is 17.9 Å². The summed E-state index contributed by atoms with van der Waals surface area (Å²) in [5, 5.41) is 8.24. The Morgan fingerprint density at radius 1 is 1.44 bits per heavy atom. The first-order chi connectivity index (χ1) is 8.74. The van der Waals surface area contributed by atoms with E-state index >= 15 is 0 Å². The molecule has 5 heteroatoms. The number of carbonyl (C=O) groups excluding carboxylic acids is 1. The summed E-state index contributed by atoms with van der Waals surface area (Å²) >= 11 is 6.05. The molecule has 0 bridgehead atoms. The lowest BCUT2D eigenvalue weighted by atomic mass is 10.1. The summed E-state index contributed by atoms with van der Waals surface area (Å²) in [6.45, 7) is 1.93. The molecule has 4 nitrogen and oxygen atoms in total. The molecule has 0 saturated carbocycles. The molecule has 1 aromatic carbocycles. The fourth-order valence-electron chi connectivity index (χ4n) is 1.37. The van der Waals surface area contributed by atoms with Gasteiger partial charge in [0.2, 0.25) is 11.8 Å². The highest BCUT2D eigenvalue weighted by molar-refractivity contribution is 6.32. The molecule has 0 atom stereocenters. The van der Waals surface area contributed by atoms with Crippen molar-refractivity contribution in [1.82, 2.24) is 10.2 Å². The fraction of sp³-hybridized carbons (Fsp3) is 0.154. The lowest BCUT2D eigenvalue weighted by Crippen LogP contribution is -1.82. The molecule has 2 rings (SSSR count). The Labute approximate surface area is 109 Å². The van der Waals surface area contributed by atoms with Gasteiger partial charge in [-0.1, -0.05) is 24.4 Å². The maximum absolute atomic E-state index is 10.2. The third-order valence-corrected chi connectivity index (χ3v) is 2.56. The number of nitrogens with zero attached hydrogens (tertiary/aromatic N) is 2. The van der Waals surface area contributed by atoms with Gasteiger partial charge in [0.05, 0.1) is 5.02 Å². The molecular weight excluding hydrogens is 252 g/mol. The Morgan fingerprint density at radius 3 is 2.89 bits per heavy atom. The third-order valence-electron chi connectivity index (χ3n) is 2.25. The summed E-state index contributed by atoms with van der Waals surface area (Å²) < 4.78 is 5.42. The van der Waals surface area contributed by atoms with Gasteiger partial charge in [0.1, 0.15) is 0 Å². The maximum atomic E-state index is 10.2. The molecule has 0 aliphatic rings. The fourth-order valence-corrected chi connectivity index (χ4v) is 1.60. The first kappa shape index (κ1) is 12.3. The van der Waals surface area contributed by atoms with E-state index in [1.807, 2.05) is 6.92 Å². The molecule has 1 heterocycles. The average molecular weight is 261 g/mol. The Bertz CT molecular complexity index is 638. The van der Waals surface area contributed by atoms with Crippen molar-refractivity contribution < 1.29 is 9.21 Å². The van der Waals surface area contributed by atoms with Crippen LogP contribution in [0.15, 0.2) is 22.6 Å². The second kappa shape index (κ2) is 5.48. The van der Waals surface area contributed by atoms with Gasteiger partial charge in [-0.15, -0.1) is 10.2 Å². The van der Waals surface area contributed by atoms with Crippen molar-refractivity contribution in [3.8, 4) is 23.3 Å².